The second-order valence-electron chi connectivity index (χ2n) is 8.23. The maximum Gasteiger partial charge on any atom is 0.269 e. The number of thioether (sulfide) groups is 1. The highest BCUT2D eigenvalue weighted by molar-refractivity contribution is 8.02. The Kier molecular flexibility index (Phi) is 5.55. The molecule has 3 aromatic rings. The molecular weight excluding hydrogens is 479 g/mol. The van der Waals surface area contributed by atoms with Gasteiger partial charge in [0.15, 0.2) is 0 Å². The SMILES string of the molecule is Cc1ccc2c(c1)C1(SCC(=O)N1c1cccc(F)c1)C(=O)N2CC(=O)Nc1ccc(F)cc1F. The fourth-order valence-corrected chi connectivity index (χ4v) is 5.76. The quantitative estimate of drug-likeness (QED) is 0.583. The third-order valence-corrected chi connectivity index (χ3v) is 7.27. The summed E-state index contributed by atoms with van der Waals surface area (Å²) in [4.78, 5) is 40.7. The van der Waals surface area contributed by atoms with E-state index in [0.29, 0.717) is 17.3 Å². The number of amides is 3. The van der Waals surface area contributed by atoms with Gasteiger partial charge in [-0.05, 0) is 43.3 Å². The van der Waals surface area contributed by atoms with Crippen LogP contribution in [0.5, 0.6) is 0 Å². The van der Waals surface area contributed by atoms with E-state index in [0.717, 1.165) is 29.5 Å². The summed E-state index contributed by atoms with van der Waals surface area (Å²) < 4.78 is 41.3. The summed E-state index contributed by atoms with van der Waals surface area (Å²) >= 11 is 1.10. The molecule has 2 heterocycles. The molecule has 0 radical (unpaired) electrons. The highest BCUT2D eigenvalue weighted by atomic mass is 32.2. The van der Waals surface area contributed by atoms with Crippen molar-refractivity contribution in [1.29, 1.82) is 0 Å². The van der Waals surface area contributed by atoms with Gasteiger partial charge in [-0.1, -0.05) is 23.8 Å². The Labute approximate surface area is 202 Å². The summed E-state index contributed by atoms with van der Waals surface area (Å²) in [5.41, 5.74) is 1.74. The highest BCUT2D eigenvalue weighted by Crippen LogP contribution is 2.55. The molecule has 1 atom stereocenters. The average Bonchev–Trinajstić information content (AvgIpc) is 3.26. The summed E-state index contributed by atoms with van der Waals surface area (Å²) in [7, 11) is 0. The molecule has 1 spiro atoms. The first-order valence-electron chi connectivity index (χ1n) is 10.6. The monoisotopic (exact) mass is 497 g/mol. The average molecular weight is 497 g/mol. The molecular formula is C25H18F3N3O3S. The summed E-state index contributed by atoms with van der Waals surface area (Å²) in [6.07, 6.45) is 0. The highest BCUT2D eigenvalue weighted by Gasteiger charge is 2.61. The predicted molar refractivity (Wildman–Crippen MR) is 127 cm³/mol. The number of benzene rings is 3. The van der Waals surface area contributed by atoms with Gasteiger partial charge in [0.2, 0.25) is 16.7 Å². The van der Waals surface area contributed by atoms with E-state index in [4.69, 9.17) is 0 Å². The first-order chi connectivity index (χ1) is 16.7. The zero-order valence-electron chi connectivity index (χ0n) is 18.3. The Morgan fingerprint density at radius 1 is 1.03 bits per heavy atom. The Morgan fingerprint density at radius 3 is 2.54 bits per heavy atom. The van der Waals surface area contributed by atoms with Gasteiger partial charge in [-0.25, -0.2) is 13.2 Å². The van der Waals surface area contributed by atoms with Crippen LogP contribution in [-0.2, 0) is 19.3 Å². The van der Waals surface area contributed by atoms with Gasteiger partial charge < -0.3 is 5.32 Å². The number of anilines is 3. The van der Waals surface area contributed by atoms with Crippen LogP contribution in [0.2, 0.25) is 0 Å². The van der Waals surface area contributed by atoms with Crippen LogP contribution in [0, 0.1) is 24.4 Å². The van der Waals surface area contributed by atoms with E-state index >= 15 is 0 Å². The molecule has 3 amide bonds. The molecule has 0 aromatic heterocycles. The topological polar surface area (TPSA) is 69.7 Å². The molecule has 3 aromatic carbocycles. The van der Waals surface area contributed by atoms with Crippen LogP contribution in [0.3, 0.4) is 0 Å². The number of nitrogens with zero attached hydrogens (tertiary/aromatic N) is 2. The molecule has 1 saturated heterocycles. The maximum absolute atomic E-state index is 14.0. The van der Waals surface area contributed by atoms with E-state index in [1.807, 2.05) is 6.92 Å². The zero-order chi connectivity index (χ0) is 24.9. The van der Waals surface area contributed by atoms with Crippen molar-refractivity contribution < 1.29 is 27.6 Å². The number of aryl methyl sites for hydroxylation is 1. The fraction of sp³-hybridized carbons (Fsp3) is 0.160. The summed E-state index contributed by atoms with van der Waals surface area (Å²) in [6.45, 7) is 1.36. The van der Waals surface area contributed by atoms with E-state index in [9.17, 15) is 27.6 Å². The molecule has 6 nitrogen and oxygen atoms in total. The normalized spacial score (nSPS) is 19.0. The molecule has 0 aliphatic carbocycles. The second kappa shape index (κ2) is 8.46. The van der Waals surface area contributed by atoms with Crippen LogP contribution in [0.1, 0.15) is 11.1 Å². The summed E-state index contributed by atoms with van der Waals surface area (Å²) in [5.74, 6) is -3.95. The van der Waals surface area contributed by atoms with Crippen molar-refractivity contribution in [2.24, 2.45) is 0 Å². The Hall–Kier alpha value is -3.79. The van der Waals surface area contributed by atoms with Crippen molar-refractivity contribution in [3.63, 3.8) is 0 Å². The smallest absolute Gasteiger partial charge is 0.269 e. The van der Waals surface area contributed by atoms with Crippen molar-refractivity contribution in [3.8, 4) is 0 Å². The third kappa shape index (κ3) is 3.74. The summed E-state index contributed by atoms with van der Waals surface area (Å²) in [6, 6.07) is 13.4. The molecule has 0 bridgehead atoms. The van der Waals surface area contributed by atoms with Crippen LogP contribution in [0.4, 0.5) is 30.2 Å². The Balaban J connectivity index is 1.54. The molecule has 2 aliphatic heterocycles. The number of halogens is 3. The zero-order valence-corrected chi connectivity index (χ0v) is 19.2. The van der Waals surface area contributed by atoms with Gasteiger partial charge in [0.1, 0.15) is 24.0 Å². The van der Waals surface area contributed by atoms with Crippen molar-refractivity contribution in [3.05, 3.63) is 89.2 Å². The van der Waals surface area contributed by atoms with E-state index in [1.165, 1.54) is 28.0 Å². The Bertz CT molecular complexity index is 1400. The van der Waals surface area contributed by atoms with Crippen molar-refractivity contribution in [2.45, 2.75) is 11.8 Å². The molecule has 35 heavy (non-hydrogen) atoms. The summed E-state index contributed by atoms with van der Waals surface area (Å²) in [5, 5.41) is 2.35. The molecule has 1 unspecified atom stereocenters. The second-order valence-corrected chi connectivity index (χ2v) is 9.39. The third-order valence-electron chi connectivity index (χ3n) is 5.89. The minimum absolute atomic E-state index is 0.0174. The number of fused-ring (bicyclic) bond motifs is 2. The van der Waals surface area contributed by atoms with Gasteiger partial charge in [0.25, 0.3) is 5.91 Å². The van der Waals surface area contributed by atoms with Gasteiger partial charge in [-0.3, -0.25) is 24.2 Å². The van der Waals surface area contributed by atoms with Crippen molar-refractivity contribution >= 4 is 46.5 Å². The van der Waals surface area contributed by atoms with Crippen LogP contribution in [0.25, 0.3) is 0 Å². The van der Waals surface area contributed by atoms with E-state index in [1.54, 1.807) is 24.3 Å². The minimum atomic E-state index is -1.52. The largest absolute Gasteiger partial charge is 0.322 e. The number of nitrogens with one attached hydrogen (secondary N) is 1. The van der Waals surface area contributed by atoms with Gasteiger partial charge in [0.05, 0.1) is 17.1 Å². The van der Waals surface area contributed by atoms with Crippen molar-refractivity contribution in [1.82, 2.24) is 0 Å². The standard InChI is InChI=1S/C25H18F3N3O3S/c1-14-5-8-21-18(9-14)25(31(23(33)13-35-25)17-4-2-3-15(26)10-17)24(34)30(21)12-22(32)29-20-7-6-16(27)11-19(20)28/h2-11H,12-13H2,1H3,(H,29,32). The maximum atomic E-state index is 14.0. The molecule has 1 fully saturated rings. The molecule has 10 heteroatoms. The van der Waals surface area contributed by atoms with Crippen LogP contribution in [0.15, 0.2) is 60.7 Å². The van der Waals surface area contributed by atoms with Gasteiger partial charge >= 0.3 is 0 Å². The predicted octanol–water partition coefficient (Wildman–Crippen LogP) is 4.33. The van der Waals surface area contributed by atoms with E-state index in [2.05, 4.69) is 5.32 Å². The number of carbonyl (C=O) groups excluding carboxylic acids is 3. The molecule has 0 saturated carbocycles. The van der Waals surface area contributed by atoms with E-state index in [-0.39, 0.29) is 23.0 Å². The van der Waals surface area contributed by atoms with Gasteiger partial charge in [-0.15, -0.1) is 11.8 Å². The van der Waals surface area contributed by atoms with Gasteiger partial charge in [-0.2, -0.15) is 0 Å². The first-order valence-corrected chi connectivity index (χ1v) is 11.6. The van der Waals surface area contributed by atoms with Crippen LogP contribution in [-0.4, -0.2) is 30.0 Å². The lowest BCUT2D eigenvalue weighted by molar-refractivity contribution is -0.124. The number of hydrogen-bond acceptors (Lipinski definition) is 4. The number of rotatable bonds is 4. The number of hydrogen-bond donors (Lipinski definition) is 1. The molecule has 5 rings (SSSR count). The fourth-order valence-electron chi connectivity index (χ4n) is 4.41. The molecule has 178 valence electrons. The molecule has 1 N–H and O–H groups in total. The van der Waals surface area contributed by atoms with E-state index < -0.39 is 40.7 Å². The van der Waals surface area contributed by atoms with Crippen LogP contribution >= 0.6 is 11.8 Å². The van der Waals surface area contributed by atoms with Gasteiger partial charge in [0, 0.05) is 17.3 Å². The van der Waals surface area contributed by atoms with Crippen molar-refractivity contribution in [2.75, 3.05) is 27.4 Å². The lowest BCUT2D eigenvalue weighted by Crippen LogP contribution is -2.51. The minimum Gasteiger partial charge on any atom is -0.322 e. The lowest BCUT2D eigenvalue weighted by atomic mass is 10.0. The molecule has 2 aliphatic rings. The Morgan fingerprint density at radius 2 is 1.80 bits per heavy atom. The lowest BCUT2D eigenvalue weighted by Gasteiger charge is -2.33. The van der Waals surface area contributed by atoms with Crippen LogP contribution < -0.4 is 15.1 Å². The number of carbonyl (C=O) groups is 3. The first kappa shape index (κ1) is 23.0.